The quantitative estimate of drug-likeness (QED) is 0.348. The van der Waals surface area contributed by atoms with Gasteiger partial charge in [-0.1, -0.05) is 25.1 Å². The van der Waals surface area contributed by atoms with Crippen LogP contribution in [0.15, 0.2) is 41.4 Å². The molecule has 0 radical (unpaired) electrons. The first-order valence-corrected chi connectivity index (χ1v) is 8.77. The van der Waals surface area contributed by atoms with Crippen LogP contribution in [0.4, 0.5) is 5.69 Å². The van der Waals surface area contributed by atoms with E-state index >= 15 is 0 Å². The van der Waals surface area contributed by atoms with Gasteiger partial charge in [-0.25, -0.2) is 4.99 Å². The Morgan fingerprint density at radius 3 is 2.58 bits per heavy atom. The number of nitro groups is 1. The van der Waals surface area contributed by atoms with Crippen LogP contribution in [0.3, 0.4) is 0 Å². The molecule has 1 aromatic heterocycles. The summed E-state index contributed by atoms with van der Waals surface area (Å²) < 4.78 is 0. The Morgan fingerprint density at radius 2 is 1.92 bits per heavy atom. The Bertz CT molecular complexity index is 712. The predicted molar refractivity (Wildman–Crippen MR) is 98.4 cm³/mol. The van der Waals surface area contributed by atoms with Crippen LogP contribution in [0.5, 0.6) is 0 Å². The average molecular weight is 346 g/mol. The van der Waals surface area contributed by atoms with E-state index in [0.717, 1.165) is 13.0 Å². The second-order valence-corrected chi connectivity index (χ2v) is 6.41. The van der Waals surface area contributed by atoms with E-state index in [1.54, 1.807) is 29.5 Å². The molecule has 0 atom stereocenters. The minimum atomic E-state index is -0.372. The molecule has 1 aromatic carbocycles. The van der Waals surface area contributed by atoms with Gasteiger partial charge in [0, 0.05) is 22.4 Å². The summed E-state index contributed by atoms with van der Waals surface area (Å²) in [7, 11) is 0. The van der Waals surface area contributed by atoms with Gasteiger partial charge in [0.05, 0.1) is 23.6 Å². The summed E-state index contributed by atoms with van der Waals surface area (Å²) in [6.45, 7) is 5.81. The van der Waals surface area contributed by atoms with Gasteiger partial charge in [-0.3, -0.25) is 10.1 Å². The standard InChI is InChI=1S/C17H22N4O2S/c1-3-14-9-10-15(24-14)12-20-17(18-4-2)19-11-13-7-5-6-8-16(13)21(22)23/h5-10H,3-4,11-12H2,1-2H3,(H2,18,19,20). The molecule has 6 nitrogen and oxygen atoms in total. The molecule has 0 aliphatic rings. The summed E-state index contributed by atoms with van der Waals surface area (Å²) >= 11 is 1.78. The van der Waals surface area contributed by atoms with Crippen LogP contribution in [0.1, 0.15) is 29.2 Å². The highest BCUT2D eigenvalue weighted by molar-refractivity contribution is 7.11. The Morgan fingerprint density at radius 1 is 1.17 bits per heavy atom. The molecule has 0 bridgehead atoms. The number of nitrogens with one attached hydrogen (secondary N) is 2. The first-order valence-electron chi connectivity index (χ1n) is 7.96. The predicted octanol–water partition coefficient (Wildman–Crippen LogP) is 3.47. The van der Waals surface area contributed by atoms with Gasteiger partial charge in [0.15, 0.2) is 5.96 Å². The molecular weight excluding hydrogens is 324 g/mol. The molecule has 24 heavy (non-hydrogen) atoms. The topological polar surface area (TPSA) is 79.6 Å². The molecule has 2 N–H and O–H groups in total. The van der Waals surface area contributed by atoms with Crippen molar-refractivity contribution in [2.24, 2.45) is 4.99 Å². The van der Waals surface area contributed by atoms with E-state index in [0.29, 0.717) is 18.1 Å². The third kappa shape index (κ3) is 5.06. The number of nitro benzene ring substituents is 1. The smallest absolute Gasteiger partial charge is 0.274 e. The lowest BCUT2D eigenvalue weighted by Gasteiger charge is -2.10. The van der Waals surface area contributed by atoms with E-state index in [1.807, 2.05) is 6.92 Å². The molecule has 1 heterocycles. The Labute approximate surface area is 145 Å². The Balaban J connectivity index is 2.04. The number of aliphatic imine (C=N–C) groups is 1. The van der Waals surface area contributed by atoms with Gasteiger partial charge in [-0.05, 0) is 25.5 Å². The number of hydrogen-bond donors (Lipinski definition) is 2. The van der Waals surface area contributed by atoms with Crippen LogP contribution in [0.2, 0.25) is 0 Å². The molecule has 0 spiro atoms. The molecule has 7 heteroatoms. The number of hydrogen-bond acceptors (Lipinski definition) is 4. The van der Waals surface area contributed by atoms with Gasteiger partial charge >= 0.3 is 0 Å². The fourth-order valence-corrected chi connectivity index (χ4v) is 3.10. The van der Waals surface area contributed by atoms with Gasteiger partial charge in [-0.15, -0.1) is 11.3 Å². The SMILES string of the molecule is CCNC(=NCc1ccccc1[N+](=O)[O-])NCc1ccc(CC)s1. The number of aryl methyl sites for hydroxylation is 1. The molecule has 0 aliphatic carbocycles. The maximum absolute atomic E-state index is 11.1. The van der Waals surface area contributed by atoms with E-state index in [4.69, 9.17) is 0 Å². The largest absolute Gasteiger partial charge is 0.357 e. The highest BCUT2D eigenvalue weighted by Gasteiger charge is 2.11. The summed E-state index contributed by atoms with van der Waals surface area (Å²) in [5.74, 6) is 0.655. The summed E-state index contributed by atoms with van der Waals surface area (Å²) in [5, 5.41) is 17.5. The monoisotopic (exact) mass is 346 g/mol. The maximum Gasteiger partial charge on any atom is 0.274 e. The molecule has 0 saturated heterocycles. The molecule has 128 valence electrons. The highest BCUT2D eigenvalue weighted by Crippen LogP contribution is 2.18. The zero-order valence-corrected chi connectivity index (χ0v) is 14.7. The van der Waals surface area contributed by atoms with E-state index in [-0.39, 0.29) is 17.2 Å². The van der Waals surface area contributed by atoms with Gasteiger partial charge in [-0.2, -0.15) is 0 Å². The average Bonchev–Trinajstić information content (AvgIpc) is 3.05. The van der Waals surface area contributed by atoms with Crippen LogP contribution >= 0.6 is 11.3 Å². The molecule has 0 unspecified atom stereocenters. The molecule has 0 aliphatic heterocycles. The van der Waals surface area contributed by atoms with Crippen molar-refractivity contribution in [2.45, 2.75) is 33.4 Å². The minimum absolute atomic E-state index is 0.0999. The summed E-state index contributed by atoms with van der Waals surface area (Å²) in [4.78, 5) is 17.7. The van der Waals surface area contributed by atoms with Crippen molar-refractivity contribution in [3.63, 3.8) is 0 Å². The Hall–Kier alpha value is -2.41. The lowest BCUT2D eigenvalue weighted by Crippen LogP contribution is -2.36. The number of nitrogens with zero attached hydrogens (tertiary/aromatic N) is 2. The van der Waals surface area contributed by atoms with Gasteiger partial charge in [0.2, 0.25) is 0 Å². The van der Waals surface area contributed by atoms with E-state index in [2.05, 4.69) is 34.7 Å². The van der Waals surface area contributed by atoms with Crippen molar-refractivity contribution in [3.05, 3.63) is 61.8 Å². The number of para-hydroxylation sites is 1. The Kier molecular flexibility index (Phi) is 6.74. The second-order valence-electron chi connectivity index (χ2n) is 5.16. The zero-order chi connectivity index (χ0) is 17.4. The molecule has 2 aromatic rings. The lowest BCUT2D eigenvalue weighted by molar-refractivity contribution is -0.385. The summed E-state index contributed by atoms with van der Waals surface area (Å²) in [5.41, 5.74) is 0.701. The third-order valence-corrected chi connectivity index (χ3v) is 4.67. The third-order valence-electron chi connectivity index (χ3n) is 3.44. The lowest BCUT2D eigenvalue weighted by atomic mass is 10.2. The maximum atomic E-state index is 11.1. The second kappa shape index (κ2) is 9.02. The van der Waals surface area contributed by atoms with Crippen LogP contribution in [0, 0.1) is 10.1 Å². The van der Waals surface area contributed by atoms with Gasteiger partial charge < -0.3 is 10.6 Å². The van der Waals surface area contributed by atoms with Crippen LogP contribution < -0.4 is 10.6 Å². The van der Waals surface area contributed by atoms with Crippen LogP contribution in [0.25, 0.3) is 0 Å². The van der Waals surface area contributed by atoms with Crippen LogP contribution in [-0.2, 0) is 19.5 Å². The van der Waals surface area contributed by atoms with Crippen molar-refractivity contribution < 1.29 is 4.92 Å². The first kappa shape index (κ1) is 17.9. The number of thiophene rings is 1. The fourth-order valence-electron chi connectivity index (χ4n) is 2.21. The molecule has 0 fully saturated rings. The normalized spacial score (nSPS) is 11.3. The fraction of sp³-hybridized carbons (Fsp3) is 0.353. The summed E-state index contributed by atoms with van der Waals surface area (Å²) in [6, 6.07) is 10.9. The van der Waals surface area contributed by atoms with Crippen molar-refractivity contribution in [2.75, 3.05) is 6.54 Å². The molecular formula is C17H22N4O2S. The first-order chi connectivity index (χ1) is 11.6. The highest BCUT2D eigenvalue weighted by atomic mass is 32.1. The minimum Gasteiger partial charge on any atom is -0.357 e. The van der Waals surface area contributed by atoms with E-state index in [1.165, 1.54) is 15.8 Å². The van der Waals surface area contributed by atoms with Crippen molar-refractivity contribution in [3.8, 4) is 0 Å². The zero-order valence-electron chi connectivity index (χ0n) is 13.9. The van der Waals surface area contributed by atoms with E-state index in [9.17, 15) is 10.1 Å². The van der Waals surface area contributed by atoms with Crippen molar-refractivity contribution in [1.29, 1.82) is 0 Å². The molecule has 0 saturated carbocycles. The number of rotatable bonds is 7. The van der Waals surface area contributed by atoms with Crippen molar-refractivity contribution >= 4 is 23.0 Å². The molecule has 2 rings (SSSR count). The van der Waals surface area contributed by atoms with Crippen LogP contribution in [-0.4, -0.2) is 17.4 Å². The number of benzene rings is 1. The summed E-state index contributed by atoms with van der Waals surface area (Å²) in [6.07, 6.45) is 1.04. The van der Waals surface area contributed by atoms with Crippen molar-refractivity contribution in [1.82, 2.24) is 10.6 Å². The number of guanidine groups is 1. The van der Waals surface area contributed by atoms with Gasteiger partial charge in [0.25, 0.3) is 5.69 Å². The van der Waals surface area contributed by atoms with E-state index < -0.39 is 0 Å². The molecule has 0 amide bonds. The van der Waals surface area contributed by atoms with Gasteiger partial charge in [0.1, 0.15) is 0 Å².